The number of carbonyl (C=O) groups excluding carboxylic acids is 2. The van der Waals surface area contributed by atoms with Crippen molar-refractivity contribution in [1.82, 2.24) is 10.3 Å². The van der Waals surface area contributed by atoms with E-state index in [4.69, 9.17) is 13.9 Å². The predicted octanol–water partition coefficient (Wildman–Crippen LogP) is 3.93. The number of aromatic nitrogens is 1. The number of carbonyl (C=O) groups is 3. The zero-order valence-electron chi connectivity index (χ0n) is 19.0. The van der Waals surface area contributed by atoms with Crippen molar-refractivity contribution in [2.45, 2.75) is 52.7 Å². The number of carboxylic acids is 1. The Kier molecular flexibility index (Phi) is 7.85. The summed E-state index contributed by atoms with van der Waals surface area (Å²) in [4.78, 5) is 41.1. The number of hydrogen-bond donors (Lipinski definition) is 3. The first-order chi connectivity index (χ1) is 14.9. The van der Waals surface area contributed by atoms with Crippen molar-refractivity contribution in [3.8, 4) is 17.1 Å². The summed E-state index contributed by atoms with van der Waals surface area (Å²) >= 11 is 0. The lowest BCUT2D eigenvalue weighted by atomic mass is 10.0. The van der Waals surface area contributed by atoms with Crippen LogP contribution in [0.4, 0.5) is 10.5 Å². The minimum atomic E-state index is -1.31. The van der Waals surface area contributed by atoms with E-state index in [2.05, 4.69) is 15.6 Å². The number of anilines is 1. The fourth-order valence-electron chi connectivity index (χ4n) is 3.03. The zero-order chi connectivity index (χ0) is 24.1. The van der Waals surface area contributed by atoms with Crippen molar-refractivity contribution < 1.29 is 33.4 Å². The van der Waals surface area contributed by atoms with Crippen molar-refractivity contribution in [3.63, 3.8) is 0 Å². The molecule has 32 heavy (non-hydrogen) atoms. The van der Waals surface area contributed by atoms with E-state index < -0.39 is 29.6 Å². The summed E-state index contributed by atoms with van der Waals surface area (Å²) < 4.78 is 15.8. The first-order valence-corrected chi connectivity index (χ1v) is 10.1. The number of amides is 2. The quantitative estimate of drug-likeness (QED) is 0.553. The largest absolute Gasteiger partial charge is 0.495 e. The van der Waals surface area contributed by atoms with Gasteiger partial charge in [-0.1, -0.05) is 13.8 Å². The maximum Gasteiger partial charge on any atom is 0.408 e. The third-order valence-electron chi connectivity index (χ3n) is 4.25. The number of ether oxygens (including phenoxy) is 2. The summed E-state index contributed by atoms with van der Waals surface area (Å²) in [5.41, 5.74) is -0.604. The van der Waals surface area contributed by atoms with E-state index in [0.29, 0.717) is 17.7 Å². The van der Waals surface area contributed by atoms with Gasteiger partial charge in [-0.25, -0.2) is 14.6 Å². The molecule has 0 aliphatic rings. The number of methoxy groups -OCH3 is 1. The molecule has 0 aliphatic heterocycles. The average molecular weight is 447 g/mol. The van der Waals surface area contributed by atoms with Crippen LogP contribution in [0.2, 0.25) is 0 Å². The molecular weight excluding hydrogens is 418 g/mol. The van der Waals surface area contributed by atoms with Gasteiger partial charge in [-0.2, -0.15) is 0 Å². The van der Waals surface area contributed by atoms with Crippen molar-refractivity contribution in [2.75, 3.05) is 12.4 Å². The Labute approximate surface area is 186 Å². The van der Waals surface area contributed by atoms with Gasteiger partial charge in [0.2, 0.25) is 5.91 Å². The summed E-state index contributed by atoms with van der Waals surface area (Å²) in [6.45, 7) is 8.94. The number of alkyl carbamates (subject to hydrolysis) is 1. The highest BCUT2D eigenvalue weighted by Gasteiger charge is 2.28. The number of hydrogen-bond acceptors (Lipinski definition) is 7. The van der Waals surface area contributed by atoms with Gasteiger partial charge in [0.1, 0.15) is 23.0 Å². The molecule has 0 fully saturated rings. The van der Waals surface area contributed by atoms with Crippen LogP contribution in [0.1, 0.15) is 51.4 Å². The molecule has 3 N–H and O–H groups in total. The normalized spacial score (nSPS) is 12.2. The lowest BCUT2D eigenvalue weighted by Crippen LogP contribution is -2.46. The van der Waals surface area contributed by atoms with E-state index in [0.717, 1.165) is 0 Å². The Bertz CT molecular complexity index is 963. The molecule has 1 atom stereocenters. The minimum absolute atomic E-state index is 0.00700. The molecule has 10 heteroatoms. The molecule has 1 unspecified atom stereocenters. The van der Waals surface area contributed by atoms with Crippen LogP contribution < -0.4 is 15.4 Å². The summed E-state index contributed by atoms with van der Waals surface area (Å²) in [7, 11) is 1.32. The second-order valence-corrected chi connectivity index (χ2v) is 8.56. The van der Waals surface area contributed by atoms with Gasteiger partial charge in [0, 0.05) is 0 Å². The lowest BCUT2D eigenvalue weighted by Gasteiger charge is -2.24. The monoisotopic (exact) mass is 447 g/mol. The maximum absolute atomic E-state index is 13.0. The van der Waals surface area contributed by atoms with Gasteiger partial charge in [-0.05, 0) is 45.2 Å². The highest BCUT2D eigenvalue weighted by molar-refractivity contribution is 6.06. The van der Waals surface area contributed by atoms with Gasteiger partial charge >= 0.3 is 12.1 Å². The fraction of sp³-hybridized carbons (Fsp3) is 0.455. The van der Waals surface area contributed by atoms with Crippen LogP contribution in [0.25, 0.3) is 11.3 Å². The molecular formula is C22H29N3O7. The fourth-order valence-corrected chi connectivity index (χ4v) is 3.03. The molecule has 1 aromatic heterocycles. The molecule has 0 saturated carbocycles. The maximum atomic E-state index is 13.0. The van der Waals surface area contributed by atoms with Crippen LogP contribution >= 0.6 is 0 Å². The molecule has 10 nitrogen and oxygen atoms in total. The number of nitrogens with zero attached hydrogens (tertiary/aromatic N) is 1. The lowest BCUT2D eigenvalue weighted by molar-refractivity contribution is -0.118. The molecule has 2 amide bonds. The SMILES string of the molecule is COc1c(-c2cnco2)ccc(NC(=O)C(CC(C)C)NC(=O)OC(C)(C)C)c1C(=O)O. The summed E-state index contributed by atoms with van der Waals surface area (Å²) in [6.07, 6.45) is 2.21. The van der Waals surface area contributed by atoms with Crippen LogP contribution in [-0.2, 0) is 9.53 Å². The average Bonchev–Trinajstić information content (AvgIpc) is 3.19. The van der Waals surface area contributed by atoms with E-state index in [1.807, 2.05) is 13.8 Å². The van der Waals surface area contributed by atoms with Crippen molar-refractivity contribution in [2.24, 2.45) is 5.92 Å². The predicted molar refractivity (Wildman–Crippen MR) is 117 cm³/mol. The Hall–Kier alpha value is -3.56. The number of nitrogens with one attached hydrogen (secondary N) is 2. The van der Waals surface area contributed by atoms with Crippen molar-refractivity contribution >= 4 is 23.7 Å². The van der Waals surface area contributed by atoms with Gasteiger partial charge in [-0.3, -0.25) is 4.79 Å². The van der Waals surface area contributed by atoms with Crippen LogP contribution in [0, 0.1) is 5.92 Å². The summed E-state index contributed by atoms with van der Waals surface area (Å²) in [5.74, 6) is -1.50. The third kappa shape index (κ3) is 6.47. The Morgan fingerprint density at radius 2 is 1.91 bits per heavy atom. The molecule has 2 rings (SSSR count). The number of benzene rings is 1. The number of oxazole rings is 1. The molecule has 0 spiro atoms. The molecule has 0 aliphatic carbocycles. The number of rotatable bonds is 8. The van der Waals surface area contributed by atoms with Gasteiger partial charge in [0.25, 0.3) is 0 Å². The van der Waals surface area contributed by atoms with Crippen LogP contribution in [-0.4, -0.2) is 46.8 Å². The van der Waals surface area contributed by atoms with Crippen molar-refractivity contribution in [3.05, 3.63) is 30.3 Å². The zero-order valence-corrected chi connectivity index (χ0v) is 19.0. The van der Waals surface area contributed by atoms with Crippen LogP contribution in [0.15, 0.2) is 29.1 Å². The summed E-state index contributed by atoms with van der Waals surface area (Å²) in [5, 5.41) is 15.0. The Morgan fingerprint density at radius 3 is 2.41 bits per heavy atom. The van der Waals surface area contributed by atoms with Crippen LogP contribution in [0.3, 0.4) is 0 Å². The van der Waals surface area contributed by atoms with E-state index in [-0.39, 0.29) is 22.9 Å². The molecule has 174 valence electrons. The van der Waals surface area contributed by atoms with Gasteiger partial charge in [0.15, 0.2) is 12.2 Å². The molecule has 0 radical (unpaired) electrons. The van der Waals surface area contributed by atoms with Gasteiger partial charge in [-0.15, -0.1) is 0 Å². The highest BCUT2D eigenvalue weighted by atomic mass is 16.6. The first kappa shape index (κ1) is 24.7. The summed E-state index contributed by atoms with van der Waals surface area (Å²) in [6, 6.07) is 2.05. The standard InChI is InChI=1S/C22H29N3O7/c1-12(2)9-15(25-21(29)32-22(3,4)5)19(26)24-14-8-7-13(16-10-23-11-31-16)18(30-6)17(14)20(27)28/h7-8,10-12,15H,9H2,1-6H3,(H,24,26)(H,25,29)(H,27,28). The molecule has 0 saturated heterocycles. The second kappa shape index (κ2) is 10.2. The molecule has 0 bridgehead atoms. The number of aromatic carboxylic acids is 1. The Morgan fingerprint density at radius 1 is 1.22 bits per heavy atom. The smallest absolute Gasteiger partial charge is 0.408 e. The first-order valence-electron chi connectivity index (χ1n) is 10.1. The highest BCUT2D eigenvalue weighted by Crippen LogP contribution is 2.37. The molecule has 2 aromatic rings. The van der Waals surface area contributed by atoms with E-state index in [1.165, 1.54) is 25.8 Å². The molecule has 1 aromatic carbocycles. The van der Waals surface area contributed by atoms with Crippen LogP contribution in [0.5, 0.6) is 5.75 Å². The van der Waals surface area contributed by atoms with Gasteiger partial charge in [0.05, 0.1) is 24.6 Å². The number of carboxylic acid groups (broad SMARTS) is 1. The minimum Gasteiger partial charge on any atom is -0.495 e. The second-order valence-electron chi connectivity index (χ2n) is 8.56. The van der Waals surface area contributed by atoms with Crippen molar-refractivity contribution in [1.29, 1.82) is 0 Å². The van der Waals surface area contributed by atoms with E-state index in [9.17, 15) is 19.5 Å². The van der Waals surface area contributed by atoms with E-state index >= 15 is 0 Å². The Balaban J connectivity index is 2.36. The topological polar surface area (TPSA) is 140 Å². The molecule has 1 heterocycles. The van der Waals surface area contributed by atoms with Gasteiger partial charge < -0.3 is 29.6 Å². The third-order valence-corrected chi connectivity index (χ3v) is 4.25. The van der Waals surface area contributed by atoms with E-state index in [1.54, 1.807) is 26.8 Å².